The predicted octanol–water partition coefficient (Wildman–Crippen LogP) is 5.92. The number of benzene rings is 3. The number of hydrogen-bond acceptors (Lipinski definition) is 5. The van der Waals surface area contributed by atoms with Crippen LogP contribution in [0.4, 0.5) is 0 Å². The van der Waals surface area contributed by atoms with Crippen LogP contribution in [0.25, 0.3) is 0 Å². The first-order valence-corrected chi connectivity index (χ1v) is 12.8. The number of ether oxygens (including phenoxy) is 5. The number of methoxy groups -OCH3 is 1. The molecule has 0 amide bonds. The normalized spacial score (nSPS) is 28.4. The highest BCUT2D eigenvalue weighted by Gasteiger charge is 2.84. The van der Waals surface area contributed by atoms with Gasteiger partial charge in [0.2, 0.25) is 0 Å². The fraction of sp³-hybridized carbons (Fsp3) is 0.379. The van der Waals surface area contributed by atoms with Crippen molar-refractivity contribution in [1.82, 2.24) is 0 Å². The molecule has 5 rings (SSSR count). The Morgan fingerprint density at radius 2 is 1.17 bits per heavy atom. The van der Waals surface area contributed by atoms with E-state index in [-0.39, 0.29) is 12.5 Å². The monoisotopic (exact) mass is 528 g/mol. The molecule has 5 nitrogen and oxygen atoms in total. The van der Waals surface area contributed by atoms with Gasteiger partial charge in [-0.15, -0.1) is 0 Å². The van der Waals surface area contributed by atoms with Crippen molar-refractivity contribution in [2.75, 3.05) is 13.7 Å². The second-order valence-electron chi connectivity index (χ2n) is 9.21. The summed E-state index contributed by atoms with van der Waals surface area (Å²) in [7, 11) is 1.59. The van der Waals surface area contributed by atoms with Crippen molar-refractivity contribution in [3.63, 3.8) is 0 Å². The van der Waals surface area contributed by atoms with Gasteiger partial charge in [-0.2, -0.15) is 0 Å². The molecular formula is C29H30Cl2O5. The zero-order valence-electron chi connectivity index (χ0n) is 20.1. The van der Waals surface area contributed by atoms with E-state index in [1.807, 2.05) is 91.0 Å². The maximum absolute atomic E-state index is 6.90. The van der Waals surface area contributed by atoms with Gasteiger partial charge < -0.3 is 23.7 Å². The minimum Gasteiger partial charge on any atom is -0.374 e. The molecule has 1 heterocycles. The maximum atomic E-state index is 6.90. The molecule has 0 unspecified atom stereocenters. The molecule has 3 aromatic carbocycles. The number of hydrogen-bond donors (Lipinski definition) is 0. The third-order valence-electron chi connectivity index (χ3n) is 6.85. The molecule has 5 atom stereocenters. The van der Waals surface area contributed by atoms with Crippen molar-refractivity contribution >= 4 is 23.2 Å². The van der Waals surface area contributed by atoms with Crippen LogP contribution in [0.3, 0.4) is 0 Å². The molecule has 0 radical (unpaired) electrons. The van der Waals surface area contributed by atoms with E-state index in [9.17, 15) is 0 Å². The molecule has 1 saturated heterocycles. The van der Waals surface area contributed by atoms with Crippen LogP contribution < -0.4 is 0 Å². The molecule has 0 aromatic heterocycles. The Morgan fingerprint density at radius 1 is 0.694 bits per heavy atom. The van der Waals surface area contributed by atoms with E-state index in [4.69, 9.17) is 46.9 Å². The molecule has 2 aliphatic rings. The Morgan fingerprint density at radius 3 is 1.67 bits per heavy atom. The maximum Gasteiger partial charge on any atom is 0.186 e. The first-order valence-electron chi connectivity index (χ1n) is 12.1. The summed E-state index contributed by atoms with van der Waals surface area (Å²) in [4.78, 5) is 0. The Balaban J connectivity index is 1.36. The lowest BCUT2D eigenvalue weighted by Crippen LogP contribution is -2.53. The van der Waals surface area contributed by atoms with E-state index in [0.717, 1.165) is 16.7 Å². The molecule has 0 N–H and O–H groups in total. The van der Waals surface area contributed by atoms with Crippen LogP contribution in [-0.4, -0.2) is 42.1 Å². The van der Waals surface area contributed by atoms with Gasteiger partial charge in [-0.05, 0) is 16.7 Å². The summed E-state index contributed by atoms with van der Waals surface area (Å²) >= 11 is 13.8. The van der Waals surface area contributed by atoms with Crippen LogP contribution in [0.2, 0.25) is 0 Å². The second kappa shape index (κ2) is 11.2. The molecule has 0 bridgehead atoms. The fourth-order valence-corrected chi connectivity index (χ4v) is 5.82. The first-order chi connectivity index (χ1) is 17.5. The number of rotatable bonds is 11. The fourth-order valence-electron chi connectivity index (χ4n) is 4.90. The summed E-state index contributed by atoms with van der Waals surface area (Å²) in [5.41, 5.74) is 2.16. The molecule has 1 aliphatic carbocycles. The van der Waals surface area contributed by atoms with Gasteiger partial charge in [0.25, 0.3) is 0 Å². The third kappa shape index (κ3) is 5.20. The molecular weight excluding hydrogens is 499 g/mol. The van der Waals surface area contributed by atoms with Gasteiger partial charge in [0, 0.05) is 7.11 Å². The molecule has 1 aliphatic heterocycles. The molecule has 3 aromatic rings. The number of halogens is 2. The highest BCUT2D eigenvalue weighted by atomic mass is 35.5. The van der Waals surface area contributed by atoms with Crippen molar-refractivity contribution in [2.45, 2.75) is 48.3 Å². The Labute approximate surface area is 222 Å². The average Bonchev–Trinajstić information content (AvgIpc) is 3.41. The number of alkyl halides is 2. The zero-order valence-corrected chi connectivity index (χ0v) is 21.6. The zero-order chi connectivity index (χ0) is 25.0. The molecule has 1 saturated carbocycles. The van der Waals surface area contributed by atoms with Crippen molar-refractivity contribution in [2.24, 2.45) is 5.92 Å². The lowest BCUT2D eigenvalue weighted by atomic mass is 10.0. The van der Waals surface area contributed by atoms with Crippen LogP contribution in [0.1, 0.15) is 16.7 Å². The topological polar surface area (TPSA) is 46.2 Å². The van der Waals surface area contributed by atoms with Gasteiger partial charge >= 0.3 is 0 Å². The average molecular weight is 529 g/mol. The lowest BCUT2D eigenvalue weighted by molar-refractivity contribution is -0.290. The SMILES string of the molecule is CO[C@H]1O[C@]2(COCc3ccccc3)[C@@H]([C@H](OCc3ccccc3)[C@H]1OCc1ccccc1)C2(Cl)Cl. The highest BCUT2D eigenvalue weighted by Crippen LogP contribution is 2.69. The second-order valence-corrected chi connectivity index (χ2v) is 10.6. The van der Waals surface area contributed by atoms with Crippen LogP contribution in [-0.2, 0) is 43.5 Å². The van der Waals surface area contributed by atoms with Gasteiger partial charge in [0.15, 0.2) is 10.6 Å². The van der Waals surface area contributed by atoms with Gasteiger partial charge in [0.1, 0.15) is 11.7 Å². The van der Waals surface area contributed by atoms with Crippen molar-refractivity contribution in [3.8, 4) is 0 Å². The van der Waals surface area contributed by atoms with Crippen LogP contribution in [0.5, 0.6) is 0 Å². The minimum atomic E-state index is -1.22. The standard InChI is InChI=1S/C29H30Cl2O5/c1-32-27-25(35-19-23-15-9-4-10-16-23)24(34-18-22-13-7-3-8-14-22)26-28(36-27,29(26,30)31)20-33-17-21-11-5-2-6-12-21/h2-16,24-27H,17-20H2,1H3/t24-,25-,26-,27+,28-/m1/s1. The summed E-state index contributed by atoms with van der Waals surface area (Å²) in [5, 5.41) is 0. The van der Waals surface area contributed by atoms with Crippen molar-refractivity contribution in [1.29, 1.82) is 0 Å². The van der Waals surface area contributed by atoms with E-state index in [1.54, 1.807) is 7.11 Å². The van der Waals surface area contributed by atoms with Gasteiger partial charge in [-0.1, -0.05) is 114 Å². The smallest absolute Gasteiger partial charge is 0.186 e. The Kier molecular flexibility index (Phi) is 7.99. The summed E-state index contributed by atoms with van der Waals surface area (Å²) in [5.74, 6) is -0.361. The van der Waals surface area contributed by atoms with Crippen molar-refractivity contribution in [3.05, 3.63) is 108 Å². The Bertz CT molecular complexity index is 1100. The summed E-state index contributed by atoms with van der Waals surface area (Å²) < 4.78 is 29.8. The van der Waals surface area contributed by atoms with E-state index < -0.39 is 28.4 Å². The molecule has 7 heteroatoms. The van der Waals surface area contributed by atoms with E-state index in [0.29, 0.717) is 19.8 Å². The predicted molar refractivity (Wildman–Crippen MR) is 139 cm³/mol. The van der Waals surface area contributed by atoms with Crippen molar-refractivity contribution < 1.29 is 23.7 Å². The van der Waals surface area contributed by atoms with Crippen LogP contribution in [0.15, 0.2) is 91.0 Å². The lowest BCUT2D eigenvalue weighted by Gasteiger charge is -2.39. The molecule has 0 spiro atoms. The van der Waals surface area contributed by atoms with E-state index >= 15 is 0 Å². The molecule has 36 heavy (non-hydrogen) atoms. The highest BCUT2D eigenvalue weighted by molar-refractivity contribution is 6.52. The van der Waals surface area contributed by atoms with E-state index in [2.05, 4.69) is 0 Å². The van der Waals surface area contributed by atoms with Crippen LogP contribution >= 0.6 is 23.2 Å². The van der Waals surface area contributed by atoms with Gasteiger partial charge in [0.05, 0.1) is 38.4 Å². The Hall–Kier alpha value is -1.96. The molecule has 190 valence electrons. The first kappa shape index (κ1) is 25.7. The van der Waals surface area contributed by atoms with Gasteiger partial charge in [-0.3, -0.25) is 0 Å². The summed E-state index contributed by atoms with van der Waals surface area (Å²) in [6, 6.07) is 29.9. The van der Waals surface area contributed by atoms with E-state index in [1.165, 1.54) is 0 Å². The van der Waals surface area contributed by atoms with Gasteiger partial charge in [-0.25, -0.2) is 0 Å². The van der Waals surface area contributed by atoms with Crippen LogP contribution in [0, 0.1) is 5.92 Å². The molecule has 2 fully saturated rings. The minimum absolute atomic E-state index is 0.204. The largest absolute Gasteiger partial charge is 0.374 e. The summed E-state index contributed by atoms with van der Waals surface area (Å²) in [6.45, 7) is 1.38. The third-order valence-corrected chi connectivity index (χ3v) is 7.96. The quantitative estimate of drug-likeness (QED) is 0.289. The number of fused-ring (bicyclic) bond motifs is 1. The summed E-state index contributed by atoms with van der Waals surface area (Å²) in [6.07, 6.45) is -1.74.